The Kier molecular flexibility index (Phi) is 2.16. The minimum atomic E-state index is -0.112. The molecular weight excluding hydrogens is 165 g/mol. The second-order valence-electron chi connectivity index (χ2n) is 2.62. The first-order valence-corrected chi connectivity index (χ1v) is 3.32. The van der Waals surface area contributed by atoms with E-state index in [1.165, 1.54) is 6.07 Å². The Morgan fingerprint density at radius 1 is 1.45 bits per heavy atom. The topological polar surface area (TPSA) is 26.0 Å². The Bertz CT molecular complexity index is 275. The monoisotopic (exact) mass is 173 g/mol. The number of halogens is 2. The van der Waals surface area contributed by atoms with Gasteiger partial charge >= 0.3 is 0 Å². The first kappa shape index (κ1) is 8.50. The van der Waals surface area contributed by atoms with Crippen LogP contribution in [-0.2, 0) is 6.42 Å². The molecule has 0 aliphatic heterocycles. The van der Waals surface area contributed by atoms with Crippen LogP contribution in [0.4, 0.5) is 4.39 Å². The van der Waals surface area contributed by atoms with Gasteiger partial charge in [-0.05, 0) is 23.6 Å². The van der Waals surface area contributed by atoms with Gasteiger partial charge < -0.3 is 5.73 Å². The lowest BCUT2D eigenvalue weighted by atomic mass is 9.84. The summed E-state index contributed by atoms with van der Waals surface area (Å²) in [6, 6.07) is 5.13. The molecule has 60 valence electrons. The maximum atomic E-state index is 12.7. The summed E-state index contributed by atoms with van der Waals surface area (Å²) in [6.45, 7) is 0. The third kappa shape index (κ3) is 1.12. The average Bonchev–Trinajstić information content (AvgIpc) is 1.91. The van der Waals surface area contributed by atoms with Crippen LogP contribution in [-0.4, -0.2) is 0 Å². The van der Waals surface area contributed by atoms with Crippen LogP contribution in [0.5, 0.6) is 0 Å². The van der Waals surface area contributed by atoms with E-state index in [0.717, 1.165) is 11.1 Å². The van der Waals surface area contributed by atoms with Crippen LogP contribution in [0.3, 0.4) is 0 Å². The molecule has 11 heavy (non-hydrogen) atoms. The third-order valence-corrected chi connectivity index (χ3v) is 1.98. The molecule has 1 aromatic rings. The molecule has 1 aliphatic carbocycles. The molecular formula is C8H9ClFN. The van der Waals surface area contributed by atoms with Crippen molar-refractivity contribution < 1.29 is 4.39 Å². The molecule has 1 nitrogen and oxygen atoms in total. The predicted molar refractivity (Wildman–Crippen MR) is 44.3 cm³/mol. The van der Waals surface area contributed by atoms with Gasteiger partial charge in [-0.25, -0.2) is 4.39 Å². The smallest absolute Gasteiger partial charge is 0.126 e. The normalized spacial score (nSPS) is 19.6. The lowest BCUT2D eigenvalue weighted by Gasteiger charge is -2.26. The fraction of sp³-hybridized carbons (Fsp3) is 0.250. The first-order valence-electron chi connectivity index (χ1n) is 3.32. The van der Waals surface area contributed by atoms with Crippen LogP contribution < -0.4 is 5.73 Å². The van der Waals surface area contributed by atoms with Crippen molar-refractivity contribution in [2.75, 3.05) is 0 Å². The number of rotatable bonds is 0. The number of nitrogens with two attached hydrogens (primary N) is 1. The van der Waals surface area contributed by atoms with Gasteiger partial charge in [0, 0.05) is 6.04 Å². The Morgan fingerprint density at radius 3 is 2.73 bits per heavy atom. The highest BCUT2D eigenvalue weighted by atomic mass is 35.5. The number of benzene rings is 1. The summed E-state index contributed by atoms with van der Waals surface area (Å²) < 4.78 is 12.7. The Hall–Kier alpha value is -0.600. The van der Waals surface area contributed by atoms with Crippen molar-refractivity contribution >= 4 is 12.4 Å². The van der Waals surface area contributed by atoms with E-state index in [9.17, 15) is 4.39 Å². The van der Waals surface area contributed by atoms with Crippen LogP contribution in [0.1, 0.15) is 17.2 Å². The summed E-state index contributed by atoms with van der Waals surface area (Å²) in [5, 5.41) is 0. The zero-order chi connectivity index (χ0) is 7.14. The third-order valence-electron chi connectivity index (χ3n) is 1.98. The van der Waals surface area contributed by atoms with E-state index < -0.39 is 0 Å². The molecule has 1 unspecified atom stereocenters. The van der Waals surface area contributed by atoms with E-state index in [2.05, 4.69) is 0 Å². The van der Waals surface area contributed by atoms with E-state index in [1.807, 2.05) is 6.07 Å². The maximum absolute atomic E-state index is 12.7. The largest absolute Gasteiger partial charge is 0.324 e. The summed E-state index contributed by atoms with van der Waals surface area (Å²) in [7, 11) is 0. The molecule has 1 aromatic carbocycles. The average molecular weight is 174 g/mol. The van der Waals surface area contributed by atoms with Crippen molar-refractivity contribution in [3.63, 3.8) is 0 Å². The van der Waals surface area contributed by atoms with Gasteiger partial charge in [0.15, 0.2) is 0 Å². The number of hydrogen-bond donors (Lipinski definition) is 1. The minimum absolute atomic E-state index is 0. The molecule has 0 bridgehead atoms. The van der Waals surface area contributed by atoms with E-state index in [4.69, 9.17) is 5.73 Å². The highest BCUT2D eigenvalue weighted by Crippen LogP contribution is 2.32. The minimum Gasteiger partial charge on any atom is -0.324 e. The molecule has 1 aliphatic rings. The van der Waals surface area contributed by atoms with Gasteiger partial charge in [-0.2, -0.15) is 0 Å². The zero-order valence-corrected chi connectivity index (χ0v) is 6.70. The standard InChI is InChI=1S/C8H8FN.ClH/c9-7-3-1-2-5-6(7)4-8(5)10;/h1-3,8H,4,10H2;1H. The fourth-order valence-corrected chi connectivity index (χ4v) is 1.34. The first-order chi connectivity index (χ1) is 4.79. The van der Waals surface area contributed by atoms with Gasteiger partial charge in [0.05, 0.1) is 0 Å². The Morgan fingerprint density at radius 2 is 2.18 bits per heavy atom. The van der Waals surface area contributed by atoms with Crippen molar-refractivity contribution in [3.8, 4) is 0 Å². The van der Waals surface area contributed by atoms with Crippen LogP contribution in [0, 0.1) is 5.82 Å². The fourth-order valence-electron chi connectivity index (χ4n) is 1.34. The van der Waals surface area contributed by atoms with E-state index in [0.29, 0.717) is 6.42 Å². The van der Waals surface area contributed by atoms with E-state index in [-0.39, 0.29) is 24.3 Å². The molecule has 3 heteroatoms. The van der Waals surface area contributed by atoms with Crippen LogP contribution >= 0.6 is 12.4 Å². The highest BCUT2D eigenvalue weighted by Gasteiger charge is 2.24. The predicted octanol–water partition coefficient (Wildman–Crippen LogP) is 1.80. The molecule has 0 radical (unpaired) electrons. The Labute approximate surface area is 70.8 Å². The Balaban J connectivity index is 0.000000605. The van der Waals surface area contributed by atoms with Crippen LogP contribution in [0.25, 0.3) is 0 Å². The van der Waals surface area contributed by atoms with Crippen molar-refractivity contribution in [2.45, 2.75) is 12.5 Å². The van der Waals surface area contributed by atoms with Gasteiger partial charge in [-0.15, -0.1) is 12.4 Å². The summed E-state index contributed by atoms with van der Waals surface area (Å²) in [6.07, 6.45) is 0.696. The highest BCUT2D eigenvalue weighted by molar-refractivity contribution is 5.85. The molecule has 0 heterocycles. The summed E-state index contributed by atoms with van der Waals surface area (Å²) in [5.41, 5.74) is 7.37. The maximum Gasteiger partial charge on any atom is 0.126 e. The second-order valence-corrected chi connectivity index (χ2v) is 2.62. The van der Waals surface area contributed by atoms with E-state index >= 15 is 0 Å². The van der Waals surface area contributed by atoms with Gasteiger partial charge in [0.1, 0.15) is 5.82 Å². The van der Waals surface area contributed by atoms with E-state index in [1.54, 1.807) is 6.07 Å². The van der Waals surface area contributed by atoms with Crippen molar-refractivity contribution in [1.29, 1.82) is 0 Å². The van der Waals surface area contributed by atoms with Crippen LogP contribution in [0.2, 0.25) is 0 Å². The lowest BCUT2D eigenvalue weighted by molar-refractivity contribution is 0.545. The van der Waals surface area contributed by atoms with Gasteiger partial charge in [-0.1, -0.05) is 12.1 Å². The molecule has 0 fully saturated rings. The molecule has 1 atom stereocenters. The van der Waals surface area contributed by atoms with Gasteiger partial charge in [0.25, 0.3) is 0 Å². The molecule has 2 N–H and O–H groups in total. The van der Waals surface area contributed by atoms with Crippen molar-refractivity contribution in [3.05, 3.63) is 35.1 Å². The SMILES string of the molecule is Cl.NC1Cc2c(F)cccc21. The van der Waals surface area contributed by atoms with Gasteiger partial charge in [0.2, 0.25) is 0 Å². The molecule has 0 saturated heterocycles. The van der Waals surface area contributed by atoms with Gasteiger partial charge in [-0.3, -0.25) is 0 Å². The molecule has 2 rings (SSSR count). The van der Waals surface area contributed by atoms with Crippen LogP contribution in [0.15, 0.2) is 18.2 Å². The number of fused-ring (bicyclic) bond motifs is 1. The van der Waals surface area contributed by atoms with Crippen molar-refractivity contribution in [2.24, 2.45) is 5.73 Å². The second kappa shape index (κ2) is 2.80. The zero-order valence-electron chi connectivity index (χ0n) is 5.88. The summed E-state index contributed by atoms with van der Waals surface area (Å²) in [4.78, 5) is 0. The summed E-state index contributed by atoms with van der Waals surface area (Å²) in [5.74, 6) is -0.112. The molecule has 0 spiro atoms. The molecule has 0 saturated carbocycles. The number of hydrogen-bond acceptors (Lipinski definition) is 1. The van der Waals surface area contributed by atoms with Crippen molar-refractivity contribution in [1.82, 2.24) is 0 Å². The molecule has 0 aromatic heterocycles. The quantitative estimate of drug-likeness (QED) is 0.636. The molecule has 0 amide bonds. The lowest BCUT2D eigenvalue weighted by Crippen LogP contribution is -2.25. The summed E-state index contributed by atoms with van der Waals surface area (Å²) >= 11 is 0.